The van der Waals surface area contributed by atoms with Gasteiger partial charge in [-0.1, -0.05) is 6.07 Å². The van der Waals surface area contributed by atoms with Crippen LogP contribution in [0.5, 0.6) is 5.88 Å². The standard InChI is InChI=1S/C10H10N2O2S/c1-15-7-3-2-6-4-9(13)12(10(11)14)8(6)5-7/h2-5,13H,1H3,(H2,11,14). The average Bonchev–Trinajstić information content (AvgIpc) is 2.52. The molecule has 3 N–H and O–H groups in total. The second-order valence-electron chi connectivity index (χ2n) is 3.10. The molecule has 0 aliphatic rings. The number of hydrogen-bond acceptors (Lipinski definition) is 3. The van der Waals surface area contributed by atoms with E-state index in [9.17, 15) is 9.90 Å². The summed E-state index contributed by atoms with van der Waals surface area (Å²) in [6, 6.07) is 6.44. The van der Waals surface area contributed by atoms with Crippen LogP contribution in [-0.4, -0.2) is 22.0 Å². The highest BCUT2D eigenvalue weighted by Crippen LogP contribution is 2.27. The summed E-state index contributed by atoms with van der Waals surface area (Å²) in [4.78, 5) is 12.1. The zero-order chi connectivity index (χ0) is 11.0. The Morgan fingerprint density at radius 2 is 2.20 bits per heavy atom. The smallest absolute Gasteiger partial charge is 0.326 e. The van der Waals surface area contributed by atoms with Gasteiger partial charge in [-0.25, -0.2) is 9.36 Å². The van der Waals surface area contributed by atoms with Crippen LogP contribution in [0.25, 0.3) is 10.9 Å². The van der Waals surface area contributed by atoms with E-state index in [0.29, 0.717) is 5.52 Å². The molecule has 2 rings (SSSR count). The van der Waals surface area contributed by atoms with Crippen molar-refractivity contribution in [1.29, 1.82) is 0 Å². The SMILES string of the molecule is CSc1ccc2cc(O)n(C(N)=O)c2c1. The van der Waals surface area contributed by atoms with Crippen LogP contribution in [0.4, 0.5) is 4.79 Å². The maximum atomic E-state index is 11.1. The minimum absolute atomic E-state index is 0.129. The fraction of sp³-hybridized carbons (Fsp3) is 0.100. The molecule has 4 nitrogen and oxygen atoms in total. The van der Waals surface area contributed by atoms with Gasteiger partial charge in [0.15, 0.2) is 5.88 Å². The van der Waals surface area contributed by atoms with Crippen LogP contribution in [0.15, 0.2) is 29.2 Å². The number of aromatic nitrogens is 1. The molecule has 0 radical (unpaired) electrons. The van der Waals surface area contributed by atoms with Crippen LogP contribution >= 0.6 is 11.8 Å². The van der Waals surface area contributed by atoms with E-state index in [1.807, 2.05) is 24.5 Å². The van der Waals surface area contributed by atoms with Crippen LogP contribution in [0.2, 0.25) is 0 Å². The molecule has 15 heavy (non-hydrogen) atoms. The van der Waals surface area contributed by atoms with Gasteiger partial charge in [0.25, 0.3) is 0 Å². The zero-order valence-electron chi connectivity index (χ0n) is 8.10. The largest absolute Gasteiger partial charge is 0.494 e. The first kappa shape index (κ1) is 9.92. The fourth-order valence-electron chi connectivity index (χ4n) is 1.52. The monoisotopic (exact) mass is 222 g/mol. The summed E-state index contributed by atoms with van der Waals surface area (Å²) in [6.45, 7) is 0. The molecule has 1 amide bonds. The Hall–Kier alpha value is -1.62. The highest BCUT2D eigenvalue weighted by molar-refractivity contribution is 7.98. The van der Waals surface area contributed by atoms with E-state index in [-0.39, 0.29) is 5.88 Å². The molecule has 5 heteroatoms. The van der Waals surface area contributed by atoms with Crippen LogP contribution in [-0.2, 0) is 0 Å². The van der Waals surface area contributed by atoms with Gasteiger partial charge in [0.2, 0.25) is 0 Å². The van der Waals surface area contributed by atoms with Crippen molar-refractivity contribution in [2.75, 3.05) is 6.26 Å². The summed E-state index contributed by atoms with van der Waals surface area (Å²) >= 11 is 1.57. The number of aromatic hydroxyl groups is 1. The molecule has 1 aromatic heterocycles. The number of carbonyl (C=O) groups excluding carboxylic acids is 1. The minimum Gasteiger partial charge on any atom is -0.494 e. The number of primary amides is 1. The Morgan fingerprint density at radius 3 is 2.80 bits per heavy atom. The predicted molar refractivity (Wildman–Crippen MR) is 60.4 cm³/mol. The van der Waals surface area contributed by atoms with Crippen LogP contribution in [0.1, 0.15) is 0 Å². The third-order valence-corrected chi connectivity index (χ3v) is 2.94. The molecule has 1 aromatic carbocycles. The lowest BCUT2D eigenvalue weighted by Crippen LogP contribution is -2.18. The highest BCUT2D eigenvalue weighted by Gasteiger charge is 2.11. The van der Waals surface area contributed by atoms with Crippen molar-refractivity contribution in [3.05, 3.63) is 24.3 Å². The number of benzene rings is 1. The van der Waals surface area contributed by atoms with Crippen molar-refractivity contribution in [2.24, 2.45) is 5.73 Å². The maximum absolute atomic E-state index is 11.1. The van der Waals surface area contributed by atoms with E-state index in [4.69, 9.17) is 5.73 Å². The van der Waals surface area contributed by atoms with Gasteiger partial charge >= 0.3 is 6.03 Å². The normalized spacial score (nSPS) is 10.7. The van der Waals surface area contributed by atoms with Crippen molar-refractivity contribution in [1.82, 2.24) is 4.57 Å². The fourth-order valence-corrected chi connectivity index (χ4v) is 1.96. The molecule has 0 saturated heterocycles. The van der Waals surface area contributed by atoms with Crippen molar-refractivity contribution in [3.63, 3.8) is 0 Å². The van der Waals surface area contributed by atoms with Gasteiger partial charge in [0.1, 0.15) is 0 Å². The molecule has 0 atom stereocenters. The number of thioether (sulfide) groups is 1. The number of fused-ring (bicyclic) bond motifs is 1. The Labute approximate surface area is 90.7 Å². The zero-order valence-corrected chi connectivity index (χ0v) is 8.91. The molecular formula is C10H10N2O2S. The summed E-state index contributed by atoms with van der Waals surface area (Å²) < 4.78 is 1.09. The summed E-state index contributed by atoms with van der Waals surface area (Å²) in [5, 5.41) is 10.3. The average molecular weight is 222 g/mol. The maximum Gasteiger partial charge on any atom is 0.326 e. The third kappa shape index (κ3) is 1.55. The van der Waals surface area contributed by atoms with Gasteiger partial charge < -0.3 is 10.8 Å². The van der Waals surface area contributed by atoms with Crippen LogP contribution in [0, 0.1) is 0 Å². The molecule has 2 aromatic rings. The van der Waals surface area contributed by atoms with Gasteiger partial charge in [-0.2, -0.15) is 0 Å². The van der Waals surface area contributed by atoms with Gasteiger partial charge in [-0.15, -0.1) is 11.8 Å². The second-order valence-corrected chi connectivity index (χ2v) is 3.98. The van der Waals surface area contributed by atoms with Gasteiger partial charge in [0, 0.05) is 16.3 Å². The first-order valence-electron chi connectivity index (χ1n) is 4.31. The Bertz CT molecular complexity index is 533. The number of nitrogens with zero attached hydrogens (tertiary/aromatic N) is 1. The van der Waals surface area contributed by atoms with Crippen molar-refractivity contribution in [3.8, 4) is 5.88 Å². The van der Waals surface area contributed by atoms with Gasteiger partial charge in [-0.05, 0) is 18.4 Å². The van der Waals surface area contributed by atoms with Crippen molar-refractivity contribution < 1.29 is 9.90 Å². The lowest BCUT2D eigenvalue weighted by molar-refractivity contribution is 0.248. The summed E-state index contributed by atoms with van der Waals surface area (Å²) in [5.41, 5.74) is 5.81. The summed E-state index contributed by atoms with van der Waals surface area (Å²) in [5.74, 6) is -0.129. The van der Waals surface area contributed by atoms with E-state index in [1.54, 1.807) is 11.8 Å². The molecule has 0 bridgehead atoms. The molecule has 0 saturated carbocycles. The number of hydrogen-bond donors (Lipinski definition) is 2. The van der Waals surface area contributed by atoms with Crippen LogP contribution < -0.4 is 5.73 Å². The highest BCUT2D eigenvalue weighted by atomic mass is 32.2. The molecule has 0 aliphatic carbocycles. The number of amides is 1. The molecule has 0 aliphatic heterocycles. The molecule has 1 heterocycles. The third-order valence-electron chi connectivity index (χ3n) is 2.21. The van der Waals surface area contributed by atoms with Crippen LogP contribution in [0.3, 0.4) is 0 Å². The van der Waals surface area contributed by atoms with E-state index >= 15 is 0 Å². The predicted octanol–water partition coefficient (Wildman–Crippen LogP) is 2.00. The Kier molecular flexibility index (Phi) is 2.32. The first-order chi connectivity index (χ1) is 7.13. The van der Waals surface area contributed by atoms with Crippen molar-refractivity contribution >= 4 is 28.7 Å². The lowest BCUT2D eigenvalue weighted by atomic mass is 10.2. The second kappa shape index (κ2) is 3.51. The quantitative estimate of drug-likeness (QED) is 0.725. The number of rotatable bonds is 1. The summed E-state index contributed by atoms with van der Waals surface area (Å²) in [6.07, 6.45) is 1.94. The number of carbonyl (C=O) groups is 1. The van der Waals surface area contributed by atoms with Crippen molar-refractivity contribution in [2.45, 2.75) is 4.90 Å². The van der Waals surface area contributed by atoms with E-state index < -0.39 is 6.03 Å². The first-order valence-corrected chi connectivity index (χ1v) is 5.54. The molecule has 78 valence electrons. The van der Waals surface area contributed by atoms with Gasteiger partial charge in [-0.3, -0.25) is 0 Å². The molecule has 0 fully saturated rings. The van der Waals surface area contributed by atoms with E-state index in [2.05, 4.69) is 0 Å². The topological polar surface area (TPSA) is 68.2 Å². The Balaban J connectivity index is 2.77. The molecule has 0 spiro atoms. The molecule has 0 unspecified atom stereocenters. The number of nitrogens with two attached hydrogens (primary N) is 1. The van der Waals surface area contributed by atoms with Gasteiger partial charge in [0.05, 0.1) is 5.52 Å². The minimum atomic E-state index is -0.680. The lowest BCUT2D eigenvalue weighted by Gasteiger charge is -2.01. The van der Waals surface area contributed by atoms with E-state index in [0.717, 1.165) is 14.8 Å². The van der Waals surface area contributed by atoms with E-state index in [1.165, 1.54) is 6.07 Å². The molecular weight excluding hydrogens is 212 g/mol. The Morgan fingerprint density at radius 1 is 1.47 bits per heavy atom. The summed E-state index contributed by atoms with van der Waals surface area (Å²) in [7, 11) is 0.